The quantitative estimate of drug-likeness (QED) is 0.516. The molecule has 0 aromatic rings. The molecule has 1 heterocycles. The van der Waals surface area contributed by atoms with E-state index in [2.05, 4.69) is 5.32 Å². The highest BCUT2D eigenvalue weighted by molar-refractivity contribution is 6.04. The zero-order chi connectivity index (χ0) is 10.7. The summed E-state index contributed by atoms with van der Waals surface area (Å²) in [6, 6.07) is -0.829. The Hall–Kier alpha value is -1.39. The fourth-order valence-corrected chi connectivity index (χ4v) is 1.39. The Bertz CT molecular complexity index is 263. The van der Waals surface area contributed by atoms with E-state index in [0.29, 0.717) is 6.29 Å². The Morgan fingerprint density at radius 3 is 2.57 bits per heavy atom. The molecule has 0 aliphatic carbocycles. The summed E-state index contributed by atoms with van der Waals surface area (Å²) in [4.78, 5) is 34.1. The molecule has 1 saturated heterocycles. The number of nitrogens with zero attached hydrogens (tertiary/aromatic N) is 1. The van der Waals surface area contributed by atoms with Crippen LogP contribution in [0.15, 0.2) is 0 Å². The van der Waals surface area contributed by atoms with Crippen LogP contribution < -0.4 is 5.32 Å². The molecule has 5 nitrogen and oxygen atoms in total. The molecule has 5 heteroatoms. The summed E-state index contributed by atoms with van der Waals surface area (Å²) in [5.74, 6) is -0.153. The van der Waals surface area contributed by atoms with Crippen LogP contribution >= 0.6 is 0 Å². The van der Waals surface area contributed by atoms with Gasteiger partial charge in [0.1, 0.15) is 12.3 Å². The Kier molecular flexibility index (Phi) is 3.22. The first-order chi connectivity index (χ1) is 6.57. The largest absolute Gasteiger partial charge is 0.326 e. The van der Waals surface area contributed by atoms with E-state index >= 15 is 0 Å². The predicted octanol–water partition coefficient (Wildman–Crippen LogP) is 0.152. The fraction of sp³-hybridized carbons (Fsp3) is 0.667. The van der Waals surface area contributed by atoms with Crippen molar-refractivity contribution in [2.24, 2.45) is 5.92 Å². The average Bonchev–Trinajstić information content (AvgIpc) is 2.40. The van der Waals surface area contributed by atoms with Crippen molar-refractivity contribution in [2.45, 2.75) is 26.3 Å². The van der Waals surface area contributed by atoms with Gasteiger partial charge in [-0.2, -0.15) is 0 Å². The van der Waals surface area contributed by atoms with Crippen molar-refractivity contribution in [1.82, 2.24) is 10.2 Å². The maximum absolute atomic E-state index is 11.6. The van der Waals surface area contributed by atoms with Gasteiger partial charge in [-0.1, -0.05) is 13.8 Å². The second-order valence-corrected chi connectivity index (χ2v) is 3.62. The molecule has 78 valence electrons. The minimum absolute atomic E-state index is 0.0766. The number of carbonyl (C=O) groups excluding carboxylic acids is 3. The average molecular weight is 198 g/mol. The van der Waals surface area contributed by atoms with E-state index in [9.17, 15) is 14.4 Å². The summed E-state index contributed by atoms with van der Waals surface area (Å²) in [5.41, 5.74) is 0. The Labute approximate surface area is 82.4 Å². The van der Waals surface area contributed by atoms with E-state index in [0.717, 1.165) is 4.90 Å². The molecular formula is C9H14N2O3. The van der Waals surface area contributed by atoms with Gasteiger partial charge in [0.25, 0.3) is 5.91 Å². The Morgan fingerprint density at radius 2 is 2.14 bits per heavy atom. The van der Waals surface area contributed by atoms with Crippen LogP contribution in [0.1, 0.15) is 20.3 Å². The van der Waals surface area contributed by atoms with Crippen LogP contribution in [0.3, 0.4) is 0 Å². The smallest absolute Gasteiger partial charge is 0.324 e. The van der Waals surface area contributed by atoms with E-state index < -0.39 is 12.1 Å². The number of amides is 3. The predicted molar refractivity (Wildman–Crippen MR) is 49.6 cm³/mol. The summed E-state index contributed by atoms with van der Waals surface area (Å²) in [7, 11) is 0. The van der Waals surface area contributed by atoms with E-state index in [1.165, 1.54) is 0 Å². The van der Waals surface area contributed by atoms with E-state index in [4.69, 9.17) is 0 Å². The molecule has 0 spiro atoms. The molecule has 0 bridgehead atoms. The lowest BCUT2D eigenvalue weighted by Gasteiger charge is -2.12. The van der Waals surface area contributed by atoms with E-state index in [-0.39, 0.29) is 24.8 Å². The molecule has 0 aromatic heterocycles. The molecule has 1 rings (SSSR count). The molecule has 0 saturated carbocycles. The zero-order valence-corrected chi connectivity index (χ0v) is 8.32. The molecule has 1 aliphatic rings. The van der Waals surface area contributed by atoms with Crippen molar-refractivity contribution in [2.75, 3.05) is 6.54 Å². The number of hydrogen-bond donors (Lipinski definition) is 1. The molecule has 1 unspecified atom stereocenters. The Morgan fingerprint density at radius 1 is 1.50 bits per heavy atom. The minimum Gasteiger partial charge on any atom is -0.326 e. The van der Waals surface area contributed by atoms with Gasteiger partial charge < -0.3 is 10.1 Å². The van der Waals surface area contributed by atoms with Gasteiger partial charge in [-0.05, 0) is 5.92 Å². The standard InChI is InChI=1S/C9H14N2O3/c1-6(2)7-8(13)11(4-3-5-12)9(14)10-7/h5-7H,3-4H2,1-2H3,(H,10,14). The second kappa shape index (κ2) is 4.21. The normalized spacial score (nSPS) is 21.6. The number of urea groups is 1. The second-order valence-electron chi connectivity index (χ2n) is 3.62. The van der Waals surface area contributed by atoms with Crippen LogP contribution in [0.2, 0.25) is 0 Å². The molecular weight excluding hydrogens is 184 g/mol. The monoisotopic (exact) mass is 198 g/mol. The summed E-state index contributed by atoms with van der Waals surface area (Å²) < 4.78 is 0. The van der Waals surface area contributed by atoms with Crippen molar-refractivity contribution >= 4 is 18.2 Å². The molecule has 14 heavy (non-hydrogen) atoms. The third kappa shape index (κ3) is 1.92. The van der Waals surface area contributed by atoms with Gasteiger partial charge in [0.05, 0.1) is 0 Å². The Balaban J connectivity index is 2.65. The number of carbonyl (C=O) groups is 3. The third-order valence-corrected chi connectivity index (χ3v) is 2.19. The summed E-state index contributed by atoms with van der Waals surface area (Å²) in [6.07, 6.45) is 0.896. The fourth-order valence-electron chi connectivity index (χ4n) is 1.39. The summed E-state index contributed by atoms with van der Waals surface area (Å²) in [5, 5.41) is 2.58. The van der Waals surface area contributed by atoms with Gasteiger partial charge in [-0.3, -0.25) is 9.69 Å². The maximum Gasteiger partial charge on any atom is 0.324 e. The minimum atomic E-state index is -0.436. The highest BCUT2D eigenvalue weighted by atomic mass is 16.2. The first-order valence-electron chi connectivity index (χ1n) is 4.63. The number of aldehydes is 1. The van der Waals surface area contributed by atoms with Crippen molar-refractivity contribution in [1.29, 1.82) is 0 Å². The molecule has 3 amide bonds. The highest BCUT2D eigenvalue weighted by Crippen LogP contribution is 2.13. The van der Waals surface area contributed by atoms with Crippen molar-refractivity contribution in [3.05, 3.63) is 0 Å². The summed E-state index contributed by atoms with van der Waals surface area (Å²) in [6.45, 7) is 3.91. The highest BCUT2D eigenvalue weighted by Gasteiger charge is 2.38. The number of hydrogen-bond acceptors (Lipinski definition) is 3. The van der Waals surface area contributed by atoms with Gasteiger partial charge in [0, 0.05) is 13.0 Å². The van der Waals surface area contributed by atoms with E-state index in [1.807, 2.05) is 13.8 Å². The third-order valence-electron chi connectivity index (χ3n) is 2.19. The topological polar surface area (TPSA) is 66.5 Å². The van der Waals surface area contributed by atoms with Crippen LogP contribution in [0.25, 0.3) is 0 Å². The molecule has 0 aromatic carbocycles. The van der Waals surface area contributed by atoms with Crippen molar-refractivity contribution < 1.29 is 14.4 Å². The lowest BCUT2D eigenvalue weighted by molar-refractivity contribution is -0.128. The lowest BCUT2D eigenvalue weighted by Crippen LogP contribution is -2.35. The van der Waals surface area contributed by atoms with Gasteiger partial charge in [-0.15, -0.1) is 0 Å². The lowest BCUT2D eigenvalue weighted by atomic mass is 10.1. The van der Waals surface area contributed by atoms with Gasteiger partial charge in [-0.25, -0.2) is 4.79 Å². The van der Waals surface area contributed by atoms with Crippen LogP contribution in [0, 0.1) is 5.92 Å². The van der Waals surface area contributed by atoms with Crippen molar-refractivity contribution in [3.8, 4) is 0 Å². The van der Waals surface area contributed by atoms with Gasteiger partial charge in [0.15, 0.2) is 0 Å². The molecule has 1 atom stereocenters. The molecule has 1 N–H and O–H groups in total. The van der Waals surface area contributed by atoms with Crippen molar-refractivity contribution in [3.63, 3.8) is 0 Å². The van der Waals surface area contributed by atoms with Crippen LogP contribution in [0.4, 0.5) is 4.79 Å². The molecule has 0 radical (unpaired) electrons. The molecule has 1 aliphatic heterocycles. The molecule has 1 fully saturated rings. The van der Waals surface area contributed by atoms with Gasteiger partial charge in [0.2, 0.25) is 0 Å². The van der Waals surface area contributed by atoms with Crippen LogP contribution in [-0.2, 0) is 9.59 Å². The first kappa shape index (κ1) is 10.7. The van der Waals surface area contributed by atoms with Crippen LogP contribution in [0.5, 0.6) is 0 Å². The van der Waals surface area contributed by atoms with E-state index in [1.54, 1.807) is 0 Å². The first-order valence-corrected chi connectivity index (χ1v) is 4.63. The maximum atomic E-state index is 11.6. The summed E-state index contributed by atoms with van der Waals surface area (Å²) >= 11 is 0. The number of rotatable bonds is 4. The SMILES string of the molecule is CC(C)C1NC(=O)N(CCC=O)C1=O. The van der Waals surface area contributed by atoms with Crippen LogP contribution in [-0.4, -0.2) is 35.7 Å². The number of nitrogens with one attached hydrogen (secondary N) is 1. The number of imide groups is 1. The van der Waals surface area contributed by atoms with Gasteiger partial charge >= 0.3 is 6.03 Å². The zero-order valence-electron chi connectivity index (χ0n) is 8.32.